The maximum Gasteiger partial charge on any atom is 0.152 e. The van der Waals surface area contributed by atoms with Crippen molar-refractivity contribution in [1.29, 1.82) is 0 Å². The first-order chi connectivity index (χ1) is 6.74. The van der Waals surface area contributed by atoms with Crippen LogP contribution in [0.15, 0.2) is 17.5 Å². The third kappa shape index (κ3) is 1.73. The van der Waals surface area contributed by atoms with Crippen LogP contribution in [0.5, 0.6) is 5.75 Å². The third-order valence-electron chi connectivity index (χ3n) is 1.88. The monoisotopic (exact) mass is 338 g/mol. The van der Waals surface area contributed by atoms with Crippen LogP contribution < -0.4 is 4.74 Å². The van der Waals surface area contributed by atoms with Gasteiger partial charge in [-0.05, 0) is 52.4 Å². The summed E-state index contributed by atoms with van der Waals surface area (Å²) in [5, 5.41) is 3.95. The van der Waals surface area contributed by atoms with Gasteiger partial charge in [0.2, 0.25) is 0 Å². The van der Waals surface area contributed by atoms with E-state index in [0.29, 0.717) is 11.6 Å². The summed E-state index contributed by atoms with van der Waals surface area (Å²) in [6.07, 6.45) is 0. The van der Waals surface area contributed by atoms with Gasteiger partial charge < -0.3 is 4.74 Å². The van der Waals surface area contributed by atoms with Crippen LogP contribution in [0, 0.1) is 3.57 Å². The zero-order valence-corrected chi connectivity index (χ0v) is 11.2. The molecule has 14 heavy (non-hydrogen) atoms. The molecule has 0 fully saturated rings. The first kappa shape index (κ1) is 10.5. The fourth-order valence-electron chi connectivity index (χ4n) is 1.30. The standard InChI is InChI=1S/C10H8ClIOS/c1-2-13-9-7(11)5-6-3-4-14-10(6)8(9)12/h3-5H,2H2,1H3. The number of rotatable bonds is 2. The smallest absolute Gasteiger partial charge is 0.152 e. The van der Waals surface area contributed by atoms with Crippen molar-refractivity contribution in [2.24, 2.45) is 0 Å². The number of hydrogen-bond acceptors (Lipinski definition) is 2. The molecule has 74 valence electrons. The number of hydrogen-bond donors (Lipinski definition) is 0. The molecule has 0 atom stereocenters. The van der Waals surface area contributed by atoms with E-state index >= 15 is 0 Å². The zero-order chi connectivity index (χ0) is 10.1. The van der Waals surface area contributed by atoms with Crippen molar-refractivity contribution in [1.82, 2.24) is 0 Å². The van der Waals surface area contributed by atoms with Gasteiger partial charge in [0.05, 0.1) is 19.9 Å². The summed E-state index contributed by atoms with van der Waals surface area (Å²) in [5.41, 5.74) is 0. The Morgan fingerprint density at radius 1 is 1.57 bits per heavy atom. The molecule has 0 N–H and O–H groups in total. The van der Waals surface area contributed by atoms with Gasteiger partial charge in [0.25, 0.3) is 0 Å². The molecule has 0 aliphatic heterocycles. The minimum atomic E-state index is 0.645. The molecule has 1 aromatic heterocycles. The molecule has 1 aromatic carbocycles. The summed E-state index contributed by atoms with van der Waals surface area (Å²) in [4.78, 5) is 0. The van der Waals surface area contributed by atoms with Gasteiger partial charge in [-0.2, -0.15) is 0 Å². The molecular weight excluding hydrogens is 331 g/mol. The number of ether oxygens (including phenoxy) is 1. The second-order valence-electron chi connectivity index (χ2n) is 2.77. The van der Waals surface area contributed by atoms with Crippen molar-refractivity contribution in [2.75, 3.05) is 6.61 Å². The average molecular weight is 339 g/mol. The molecule has 0 saturated carbocycles. The molecule has 1 nitrogen and oxygen atoms in total. The van der Waals surface area contributed by atoms with E-state index in [0.717, 1.165) is 9.32 Å². The summed E-state index contributed by atoms with van der Waals surface area (Å²) in [6, 6.07) is 4.03. The van der Waals surface area contributed by atoms with Crippen molar-refractivity contribution in [2.45, 2.75) is 6.92 Å². The predicted octanol–water partition coefficient (Wildman–Crippen LogP) is 4.56. The Labute approximate surface area is 105 Å². The lowest BCUT2D eigenvalue weighted by atomic mass is 10.2. The zero-order valence-electron chi connectivity index (χ0n) is 7.51. The SMILES string of the molecule is CCOc1c(Cl)cc2ccsc2c1I. The van der Waals surface area contributed by atoms with Gasteiger partial charge in [-0.25, -0.2) is 0 Å². The molecule has 2 aromatic rings. The van der Waals surface area contributed by atoms with Crippen molar-refractivity contribution >= 4 is 55.6 Å². The van der Waals surface area contributed by atoms with E-state index in [-0.39, 0.29) is 0 Å². The van der Waals surface area contributed by atoms with Gasteiger partial charge in [-0.1, -0.05) is 11.6 Å². The maximum absolute atomic E-state index is 6.12. The lowest BCUT2D eigenvalue weighted by Crippen LogP contribution is -1.94. The van der Waals surface area contributed by atoms with E-state index in [9.17, 15) is 0 Å². The highest BCUT2D eigenvalue weighted by molar-refractivity contribution is 14.1. The maximum atomic E-state index is 6.12. The molecule has 2 rings (SSSR count). The molecule has 4 heteroatoms. The van der Waals surface area contributed by atoms with Crippen LogP contribution in [0.3, 0.4) is 0 Å². The molecule has 0 aliphatic rings. The van der Waals surface area contributed by atoms with Gasteiger partial charge >= 0.3 is 0 Å². The molecule has 0 saturated heterocycles. The van der Waals surface area contributed by atoms with E-state index in [1.54, 1.807) is 11.3 Å². The lowest BCUT2D eigenvalue weighted by molar-refractivity contribution is 0.338. The Morgan fingerprint density at radius 3 is 3.07 bits per heavy atom. The summed E-state index contributed by atoms with van der Waals surface area (Å²) in [6.45, 7) is 2.61. The van der Waals surface area contributed by atoms with Crippen LogP contribution in [-0.4, -0.2) is 6.61 Å². The molecule has 0 aliphatic carbocycles. The summed E-state index contributed by atoms with van der Waals surface area (Å²) in [5.74, 6) is 0.810. The van der Waals surface area contributed by atoms with Crippen molar-refractivity contribution in [3.8, 4) is 5.75 Å². The number of benzene rings is 1. The first-order valence-electron chi connectivity index (χ1n) is 4.22. The summed E-state index contributed by atoms with van der Waals surface area (Å²) in [7, 11) is 0. The summed E-state index contributed by atoms with van der Waals surface area (Å²) < 4.78 is 7.87. The van der Waals surface area contributed by atoms with Crippen molar-refractivity contribution < 1.29 is 4.74 Å². The van der Waals surface area contributed by atoms with E-state index in [2.05, 4.69) is 34.0 Å². The number of thiophene rings is 1. The minimum Gasteiger partial charge on any atom is -0.491 e. The highest BCUT2D eigenvalue weighted by Gasteiger charge is 2.11. The second kappa shape index (κ2) is 4.24. The Balaban J connectivity index is 2.69. The van der Waals surface area contributed by atoms with Crippen molar-refractivity contribution in [3.05, 3.63) is 26.1 Å². The molecule has 0 radical (unpaired) electrons. The highest BCUT2D eigenvalue weighted by Crippen LogP contribution is 2.38. The quantitative estimate of drug-likeness (QED) is 0.730. The molecule has 0 spiro atoms. The Morgan fingerprint density at radius 2 is 2.36 bits per heavy atom. The molecule has 1 heterocycles. The van der Waals surface area contributed by atoms with Gasteiger partial charge in [-0.3, -0.25) is 0 Å². The van der Waals surface area contributed by atoms with E-state index in [1.807, 2.05) is 13.0 Å². The van der Waals surface area contributed by atoms with Crippen LogP contribution in [0.2, 0.25) is 5.02 Å². The topological polar surface area (TPSA) is 9.23 Å². The fraction of sp³-hybridized carbons (Fsp3) is 0.200. The van der Waals surface area contributed by atoms with Gasteiger partial charge in [-0.15, -0.1) is 11.3 Å². The number of halogens is 2. The predicted molar refractivity (Wildman–Crippen MR) is 70.7 cm³/mol. The largest absolute Gasteiger partial charge is 0.491 e. The van der Waals surface area contributed by atoms with Gasteiger partial charge in [0.1, 0.15) is 0 Å². The molecular formula is C10H8ClIOS. The summed E-state index contributed by atoms with van der Waals surface area (Å²) >= 11 is 10.1. The minimum absolute atomic E-state index is 0.645. The fourth-order valence-corrected chi connectivity index (χ4v) is 3.67. The molecule has 0 unspecified atom stereocenters. The Bertz CT molecular complexity index is 466. The van der Waals surface area contributed by atoms with Crippen LogP contribution in [-0.2, 0) is 0 Å². The molecule has 0 amide bonds. The van der Waals surface area contributed by atoms with Crippen LogP contribution in [0.25, 0.3) is 10.1 Å². The number of fused-ring (bicyclic) bond motifs is 1. The van der Waals surface area contributed by atoms with Gasteiger partial charge in [0.15, 0.2) is 5.75 Å². The highest BCUT2D eigenvalue weighted by atomic mass is 127. The third-order valence-corrected chi connectivity index (χ3v) is 4.51. The first-order valence-corrected chi connectivity index (χ1v) is 6.55. The lowest BCUT2D eigenvalue weighted by Gasteiger charge is -2.08. The van der Waals surface area contributed by atoms with E-state index in [1.165, 1.54) is 10.1 Å². The van der Waals surface area contributed by atoms with Crippen LogP contribution in [0.4, 0.5) is 0 Å². The van der Waals surface area contributed by atoms with E-state index in [4.69, 9.17) is 16.3 Å². The van der Waals surface area contributed by atoms with Crippen LogP contribution >= 0.6 is 45.5 Å². The van der Waals surface area contributed by atoms with E-state index < -0.39 is 0 Å². The normalized spacial score (nSPS) is 10.8. The van der Waals surface area contributed by atoms with Gasteiger partial charge in [0, 0.05) is 0 Å². The average Bonchev–Trinajstić information content (AvgIpc) is 2.60. The van der Waals surface area contributed by atoms with Crippen molar-refractivity contribution in [3.63, 3.8) is 0 Å². The Hall–Kier alpha value is -0.000000000000000111. The molecule has 0 bridgehead atoms. The Kier molecular flexibility index (Phi) is 3.19. The second-order valence-corrected chi connectivity index (χ2v) is 5.18. The van der Waals surface area contributed by atoms with Crippen LogP contribution in [0.1, 0.15) is 6.92 Å².